The lowest BCUT2D eigenvalue weighted by molar-refractivity contribution is 0.0982. The van der Waals surface area contributed by atoms with Gasteiger partial charge in [0.05, 0.1) is 11.2 Å². The van der Waals surface area contributed by atoms with Gasteiger partial charge < -0.3 is 4.90 Å². The number of para-hydroxylation sites is 1. The highest BCUT2D eigenvalue weighted by molar-refractivity contribution is 5.78. The topological polar surface area (TPSA) is 45.2 Å². The van der Waals surface area contributed by atoms with Crippen LogP contribution in [0.3, 0.4) is 0 Å². The Balaban J connectivity index is 1.31. The lowest BCUT2D eigenvalue weighted by Gasteiger charge is -2.45. The summed E-state index contributed by atoms with van der Waals surface area (Å²) in [5.74, 6) is 0.869. The van der Waals surface area contributed by atoms with Crippen LogP contribution in [0.1, 0.15) is 31.4 Å². The second kappa shape index (κ2) is 6.89. The maximum atomic E-state index is 4.91. The highest BCUT2D eigenvalue weighted by Crippen LogP contribution is 2.39. The average Bonchev–Trinajstić information content (AvgIpc) is 3.11. The number of pyridine rings is 1. The third-order valence-corrected chi connectivity index (χ3v) is 6.28. The minimum atomic E-state index is 0.318. The zero-order valence-corrected chi connectivity index (χ0v) is 15.6. The Morgan fingerprint density at radius 2 is 1.67 bits per heavy atom. The fourth-order valence-electron chi connectivity index (χ4n) is 4.78. The largest absolute Gasteiger partial charge is 0.341 e. The average molecular weight is 359 g/mol. The third-order valence-electron chi connectivity index (χ3n) is 6.28. The van der Waals surface area contributed by atoms with E-state index in [1.807, 2.05) is 18.5 Å². The molecule has 5 heteroatoms. The Labute approximate surface area is 160 Å². The number of piperidine rings is 1. The summed E-state index contributed by atoms with van der Waals surface area (Å²) in [4.78, 5) is 18.8. The summed E-state index contributed by atoms with van der Waals surface area (Å²) in [5.41, 5.74) is 2.60. The molecule has 1 aromatic carbocycles. The number of nitrogens with zero attached hydrogens (tertiary/aromatic N) is 5. The van der Waals surface area contributed by atoms with Crippen LogP contribution >= 0.6 is 0 Å². The van der Waals surface area contributed by atoms with Crippen molar-refractivity contribution >= 4 is 16.9 Å². The van der Waals surface area contributed by atoms with Crippen LogP contribution in [-0.4, -0.2) is 45.0 Å². The monoisotopic (exact) mass is 359 g/mol. The fourth-order valence-corrected chi connectivity index (χ4v) is 4.78. The van der Waals surface area contributed by atoms with Crippen molar-refractivity contribution in [1.82, 2.24) is 19.9 Å². The van der Waals surface area contributed by atoms with Gasteiger partial charge in [0.25, 0.3) is 0 Å². The molecule has 4 heterocycles. The van der Waals surface area contributed by atoms with Gasteiger partial charge in [-0.25, -0.2) is 9.97 Å². The van der Waals surface area contributed by atoms with Gasteiger partial charge in [0.15, 0.2) is 0 Å². The van der Waals surface area contributed by atoms with E-state index in [1.54, 1.807) is 0 Å². The smallest absolute Gasteiger partial charge is 0.225 e. The van der Waals surface area contributed by atoms with Crippen LogP contribution in [0.25, 0.3) is 10.9 Å². The van der Waals surface area contributed by atoms with Gasteiger partial charge in [-0.3, -0.25) is 9.88 Å². The minimum absolute atomic E-state index is 0.318. The van der Waals surface area contributed by atoms with E-state index in [0.717, 1.165) is 31.1 Å². The molecule has 0 bridgehead atoms. The minimum Gasteiger partial charge on any atom is -0.341 e. The molecule has 0 amide bonds. The van der Waals surface area contributed by atoms with Gasteiger partial charge >= 0.3 is 0 Å². The molecule has 2 aliphatic rings. The van der Waals surface area contributed by atoms with E-state index in [9.17, 15) is 0 Å². The van der Waals surface area contributed by atoms with E-state index in [-0.39, 0.29) is 0 Å². The number of benzene rings is 1. The second-order valence-electron chi connectivity index (χ2n) is 7.78. The Hall–Kier alpha value is -2.53. The molecule has 0 saturated carbocycles. The van der Waals surface area contributed by atoms with Gasteiger partial charge in [-0.2, -0.15) is 0 Å². The SMILES string of the molecule is c1cnc(N2CCC3(CCCN3Cc3ccc4ccccc4n3)CC2)nc1. The maximum Gasteiger partial charge on any atom is 0.225 e. The predicted molar refractivity (Wildman–Crippen MR) is 108 cm³/mol. The summed E-state index contributed by atoms with van der Waals surface area (Å²) >= 11 is 0. The molecule has 5 rings (SSSR count). The molecule has 0 radical (unpaired) electrons. The molecule has 1 spiro atoms. The summed E-state index contributed by atoms with van der Waals surface area (Å²) in [5, 5.41) is 1.22. The molecule has 138 valence electrons. The molecule has 0 unspecified atom stereocenters. The Kier molecular flexibility index (Phi) is 4.24. The summed E-state index contributed by atoms with van der Waals surface area (Å²) in [6, 6.07) is 14.7. The molecule has 0 atom stereocenters. The van der Waals surface area contributed by atoms with Crippen LogP contribution in [-0.2, 0) is 6.54 Å². The van der Waals surface area contributed by atoms with Gasteiger partial charge in [0.1, 0.15) is 0 Å². The first-order valence-electron chi connectivity index (χ1n) is 9.94. The van der Waals surface area contributed by atoms with Crippen molar-refractivity contribution in [2.45, 2.75) is 37.8 Å². The molecule has 0 aliphatic carbocycles. The number of fused-ring (bicyclic) bond motifs is 1. The Morgan fingerprint density at radius 3 is 2.52 bits per heavy atom. The molecule has 3 aromatic rings. The van der Waals surface area contributed by atoms with Gasteiger partial charge in [-0.05, 0) is 50.4 Å². The number of likely N-dealkylation sites (tertiary alicyclic amines) is 1. The van der Waals surface area contributed by atoms with Crippen LogP contribution < -0.4 is 4.90 Å². The van der Waals surface area contributed by atoms with Crippen molar-refractivity contribution in [1.29, 1.82) is 0 Å². The Morgan fingerprint density at radius 1 is 0.852 bits per heavy atom. The molecule has 2 aliphatic heterocycles. The molecule has 0 N–H and O–H groups in total. The molecule has 2 aromatic heterocycles. The highest BCUT2D eigenvalue weighted by Gasteiger charge is 2.43. The van der Waals surface area contributed by atoms with E-state index in [0.29, 0.717) is 5.54 Å². The molecular weight excluding hydrogens is 334 g/mol. The lowest BCUT2D eigenvalue weighted by Crippen LogP contribution is -2.52. The molecule has 5 nitrogen and oxygen atoms in total. The van der Waals surface area contributed by atoms with Crippen molar-refractivity contribution in [3.05, 3.63) is 60.6 Å². The quantitative estimate of drug-likeness (QED) is 0.714. The van der Waals surface area contributed by atoms with Crippen LogP contribution in [0, 0.1) is 0 Å². The normalized spacial score (nSPS) is 19.8. The van der Waals surface area contributed by atoms with Crippen molar-refractivity contribution in [3.8, 4) is 0 Å². The summed E-state index contributed by atoms with van der Waals surface area (Å²) < 4.78 is 0. The summed E-state index contributed by atoms with van der Waals surface area (Å²) in [6.07, 6.45) is 8.61. The molecule has 2 saturated heterocycles. The van der Waals surface area contributed by atoms with Gasteiger partial charge in [-0.1, -0.05) is 24.3 Å². The Bertz CT molecular complexity index is 918. The number of hydrogen-bond acceptors (Lipinski definition) is 5. The van der Waals surface area contributed by atoms with E-state index in [2.05, 4.69) is 56.2 Å². The van der Waals surface area contributed by atoms with Gasteiger partial charge in [-0.15, -0.1) is 0 Å². The second-order valence-corrected chi connectivity index (χ2v) is 7.78. The van der Waals surface area contributed by atoms with E-state index in [4.69, 9.17) is 4.98 Å². The van der Waals surface area contributed by atoms with E-state index in [1.165, 1.54) is 43.3 Å². The predicted octanol–water partition coefficient (Wildman–Crippen LogP) is 3.66. The maximum absolute atomic E-state index is 4.91. The van der Waals surface area contributed by atoms with Gasteiger partial charge in [0, 0.05) is 43.0 Å². The first-order valence-corrected chi connectivity index (χ1v) is 9.94. The van der Waals surface area contributed by atoms with E-state index < -0.39 is 0 Å². The number of rotatable bonds is 3. The summed E-state index contributed by atoms with van der Waals surface area (Å²) in [6.45, 7) is 4.19. The number of hydrogen-bond donors (Lipinski definition) is 0. The number of aromatic nitrogens is 3. The van der Waals surface area contributed by atoms with Crippen LogP contribution in [0.2, 0.25) is 0 Å². The zero-order valence-electron chi connectivity index (χ0n) is 15.6. The van der Waals surface area contributed by atoms with Crippen molar-refractivity contribution < 1.29 is 0 Å². The van der Waals surface area contributed by atoms with Crippen LogP contribution in [0.4, 0.5) is 5.95 Å². The van der Waals surface area contributed by atoms with Crippen molar-refractivity contribution in [2.75, 3.05) is 24.5 Å². The molecule has 27 heavy (non-hydrogen) atoms. The fraction of sp³-hybridized carbons (Fsp3) is 0.409. The first kappa shape index (κ1) is 16.6. The zero-order chi connectivity index (χ0) is 18.1. The lowest BCUT2D eigenvalue weighted by atomic mass is 9.85. The first-order chi connectivity index (χ1) is 13.3. The molecular formula is C22H25N5. The third kappa shape index (κ3) is 3.16. The molecule has 2 fully saturated rings. The number of anilines is 1. The summed E-state index contributed by atoms with van der Waals surface area (Å²) in [7, 11) is 0. The van der Waals surface area contributed by atoms with Crippen LogP contribution in [0.5, 0.6) is 0 Å². The van der Waals surface area contributed by atoms with E-state index >= 15 is 0 Å². The van der Waals surface area contributed by atoms with Crippen molar-refractivity contribution in [2.24, 2.45) is 0 Å². The standard InChI is InChI=1S/C22H25N5/c1-2-6-20-18(5-1)7-8-19(25-20)17-27-14-3-9-22(27)10-15-26(16-11-22)21-23-12-4-13-24-21/h1-2,4-8,12-13H,3,9-11,14-17H2. The van der Waals surface area contributed by atoms with Crippen molar-refractivity contribution in [3.63, 3.8) is 0 Å². The van der Waals surface area contributed by atoms with Crippen LogP contribution in [0.15, 0.2) is 54.9 Å². The highest BCUT2D eigenvalue weighted by atomic mass is 15.3. The van der Waals surface area contributed by atoms with Gasteiger partial charge in [0.2, 0.25) is 5.95 Å².